The maximum atomic E-state index is 12.5. The number of nitriles is 1. The first kappa shape index (κ1) is 11.3. The molecule has 3 nitrogen and oxygen atoms in total. The third kappa shape index (κ3) is 1.78. The topological polar surface area (TPSA) is 44.1 Å². The highest BCUT2D eigenvalue weighted by Crippen LogP contribution is 2.30. The lowest BCUT2D eigenvalue weighted by Gasteiger charge is -2.36. The van der Waals surface area contributed by atoms with Gasteiger partial charge in [-0.1, -0.05) is 18.2 Å². The van der Waals surface area contributed by atoms with Crippen molar-refractivity contribution in [3.05, 3.63) is 35.4 Å². The second-order valence-corrected chi connectivity index (χ2v) is 5.21. The van der Waals surface area contributed by atoms with E-state index in [1.54, 1.807) is 0 Å². The number of piperidine rings is 1. The molecule has 0 unspecified atom stereocenters. The number of nitrogens with zero attached hydrogens (tertiary/aromatic N) is 2. The van der Waals surface area contributed by atoms with Crippen LogP contribution in [0.15, 0.2) is 24.3 Å². The second-order valence-electron chi connectivity index (χ2n) is 5.21. The van der Waals surface area contributed by atoms with E-state index in [2.05, 4.69) is 6.07 Å². The largest absolute Gasteiger partial charge is 0.334 e. The van der Waals surface area contributed by atoms with Crippen molar-refractivity contribution in [3.63, 3.8) is 0 Å². The number of fused-ring (bicyclic) bond motifs is 2. The predicted molar refractivity (Wildman–Crippen MR) is 67.9 cm³/mol. The van der Waals surface area contributed by atoms with Crippen LogP contribution in [0.1, 0.15) is 35.2 Å². The SMILES string of the molecule is N#C[C@H]1CC[C@@H]2CCc3ccccc3C(=O)N2C1. The van der Waals surface area contributed by atoms with Crippen molar-refractivity contribution in [2.45, 2.75) is 31.7 Å². The van der Waals surface area contributed by atoms with Crippen LogP contribution < -0.4 is 0 Å². The van der Waals surface area contributed by atoms with Crippen LogP contribution in [0.4, 0.5) is 0 Å². The zero-order valence-electron chi connectivity index (χ0n) is 10.3. The maximum Gasteiger partial charge on any atom is 0.254 e. The van der Waals surface area contributed by atoms with Crippen molar-refractivity contribution in [2.75, 3.05) is 6.54 Å². The van der Waals surface area contributed by atoms with E-state index in [4.69, 9.17) is 5.26 Å². The van der Waals surface area contributed by atoms with E-state index >= 15 is 0 Å². The predicted octanol–water partition coefficient (Wildman–Crippen LogP) is 2.38. The standard InChI is InChI=1S/C15H16N2O/c16-9-11-5-7-13-8-6-12-3-1-2-4-14(12)15(18)17(13)10-11/h1-4,11,13H,5-8,10H2/t11-,13-/m1/s1. The van der Waals surface area contributed by atoms with Crippen LogP contribution in [-0.4, -0.2) is 23.4 Å². The smallest absolute Gasteiger partial charge is 0.254 e. The van der Waals surface area contributed by atoms with Gasteiger partial charge in [0.15, 0.2) is 0 Å². The minimum Gasteiger partial charge on any atom is -0.334 e. The average Bonchev–Trinajstić information content (AvgIpc) is 2.57. The second kappa shape index (κ2) is 4.45. The van der Waals surface area contributed by atoms with Gasteiger partial charge in [0.2, 0.25) is 0 Å². The molecule has 0 radical (unpaired) electrons. The minimum atomic E-state index is 0.00969. The first-order valence-corrected chi connectivity index (χ1v) is 6.58. The Labute approximate surface area is 107 Å². The van der Waals surface area contributed by atoms with E-state index < -0.39 is 0 Å². The fourth-order valence-electron chi connectivity index (χ4n) is 3.11. The molecule has 1 saturated heterocycles. The molecule has 0 aromatic heterocycles. The third-order valence-electron chi connectivity index (χ3n) is 4.14. The van der Waals surface area contributed by atoms with Gasteiger partial charge in [-0.05, 0) is 37.3 Å². The third-order valence-corrected chi connectivity index (χ3v) is 4.14. The fourth-order valence-corrected chi connectivity index (χ4v) is 3.11. The fraction of sp³-hybridized carbons (Fsp3) is 0.467. The molecule has 0 bridgehead atoms. The molecule has 1 amide bonds. The Kier molecular flexibility index (Phi) is 2.79. The van der Waals surface area contributed by atoms with Crippen molar-refractivity contribution in [1.82, 2.24) is 4.90 Å². The zero-order chi connectivity index (χ0) is 12.5. The monoisotopic (exact) mass is 240 g/mol. The average molecular weight is 240 g/mol. The highest BCUT2D eigenvalue weighted by molar-refractivity contribution is 5.96. The van der Waals surface area contributed by atoms with E-state index in [0.29, 0.717) is 12.6 Å². The molecule has 3 rings (SSSR count). The summed E-state index contributed by atoms with van der Waals surface area (Å²) in [4.78, 5) is 14.5. The first-order valence-electron chi connectivity index (χ1n) is 6.58. The van der Waals surface area contributed by atoms with Crippen molar-refractivity contribution >= 4 is 5.91 Å². The van der Waals surface area contributed by atoms with Crippen molar-refractivity contribution in [3.8, 4) is 6.07 Å². The molecule has 2 aliphatic rings. The van der Waals surface area contributed by atoms with Gasteiger partial charge in [0.1, 0.15) is 0 Å². The quantitative estimate of drug-likeness (QED) is 0.698. The summed E-state index contributed by atoms with van der Waals surface area (Å²) in [6, 6.07) is 10.5. The van der Waals surface area contributed by atoms with Crippen LogP contribution in [0.2, 0.25) is 0 Å². The molecular formula is C15H16N2O. The molecule has 0 saturated carbocycles. The summed E-state index contributed by atoms with van der Waals surface area (Å²) in [5.74, 6) is 0.128. The van der Waals surface area contributed by atoms with Crippen molar-refractivity contribution in [1.29, 1.82) is 5.26 Å². The summed E-state index contributed by atoms with van der Waals surface area (Å²) in [6.07, 6.45) is 3.90. The molecule has 3 heteroatoms. The van der Waals surface area contributed by atoms with Crippen LogP contribution in [0.25, 0.3) is 0 Å². The summed E-state index contributed by atoms with van der Waals surface area (Å²) >= 11 is 0. The van der Waals surface area contributed by atoms with Gasteiger partial charge in [-0.2, -0.15) is 5.26 Å². The van der Waals surface area contributed by atoms with E-state index in [1.165, 1.54) is 0 Å². The summed E-state index contributed by atoms with van der Waals surface area (Å²) in [5, 5.41) is 9.05. The molecule has 1 aromatic carbocycles. The van der Waals surface area contributed by atoms with Crippen LogP contribution in [0, 0.1) is 17.2 Å². The van der Waals surface area contributed by atoms with Gasteiger partial charge in [0, 0.05) is 18.2 Å². The molecular weight excluding hydrogens is 224 g/mol. The van der Waals surface area contributed by atoms with E-state index in [9.17, 15) is 4.79 Å². The Morgan fingerprint density at radius 1 is 1.22 bits per heavy atom. The van der Waals surface area contributed by atoms with Crippen LogP contribution in [0.3, 0.4) is 0 Å². The lowest BCUT2D eigenvalue weighted by molar-refractivity contribution is 0.0574. The van der Waals surface area contributed by atoms with Crippen molar-refractivity contribution < 1.29 is 4.79 Å². The lowest BCUT2D eigenvalue weighted by Crippen LogP contribution is -2.45. The van der Waals surface area contributed by atoms with Gasteiger partial charge in [0.25, 0.3) is 5.91 Å². The van der Waals surface area contributed by atoms with Gasteiger partial charge >= 0.3 is 0 Å². The number of carbonyl (C=O) groups excluding carboxylic acids is 1. The molecule has 0 aliphatic carbocycles. The molecule has 0 spiro atoms. The van der Waals surface area contributed by atoms with Crippen LogP contribution in [-0.2, 0) is 6.42 Å². The number of amides is 1. The maximum absolute atomic E-state index is 12.5. The van der Waals surface area contributed by atoms with Gasteiger partial charge < -0.3 is 4.90 Å². The highest BCUT2D eigenvalue weighted by Gasteiger charge is 2.34. The highest BCUT2D eigenvalue weighted by atomic mass is 16.2. The molecule has 1 fully saturated rings. The summed E-state index contributed by atoms with van der Waals surface area (Å²) in [5.41, 5.74) is 1.99. The van der Waals surface area contributed by atoms with Gasteiger partial charge in [-0.25, -0.2) is 0 Å². The summed E-state index contributed by atoms with van der Waals surface area (Å²) in [7, 11) is 0. The summed E-state index contributed by atoms with van der Waals surface area (Å²) < 4.78 is 0. The number of aryl methyl sites for hydroxylation is 1. The van der Waals surface area contributed by atoms with Gasteiger partial charge in [0.05, 0.1) is 12.0 Å². The Bertz CT molecular complexity index is 517. The lowest BCUT2D eigenvalue weighted by atomic mass is 9.92. The van der Waals surface area contributed by atoms with E-state index in [1.807, 2.05) is 29.2 Å². The molecule has 1 aromatic rings. The molecule has 18 heavy (non-hydrogen) atoms. The molecule has 2 aliphatic heterocycles. The van der Waals surface area contributed by atoms with Gasteiger partial charge in [-0.3, -0.25) is 4.79 Å². The Hall–Kier alpha value is -1.82. The molecule has 92 valence electrons. The Morgan fingerprint density at radius 2 is 2.06 bits per heavy atom. The minimum absolute atomic E-state index is 0.00969. The first-order chi connectivity index (χ1) is 8.79. The number of rotatable bonds is 0. The molecule has 2 heterocycles. The van der Waals surface area contributed by atoms with Crippen molar-refractivity contribution in [2.24, 2.45) is 5.92 Å². The van der Waals surface area contributed by atoms with Crippen LogP contribution in [0.5, 0.6) is 0 Å². The normalized spacial score (nSPS) is 26.8. The van der Waals surface area contributed by atoms with Gasteiger partial charge in [-0.15, -0.1) is 0 Å². The Morgan fingerprint density at radius 3 is 2.89 bits per heavy atom. The number of hydrogen-bond donors (Lipinski definition) is 0. The summed E-state index contributed by atoms with van der Waals surface area (Å²) in [6.45, 7) is 0.605. The number of benzene rings is 1. The number of hydrogen-bond acceptors (Lipinski definition) is 2. The van der Waals surface area contributed by atoms with Crippen LogP contribution >= 0.6 is 0 Å². The molecule has 0 N–H and O–H groups in total. The number of carbonyl (C=O) groups is 1. The van der Waals surface area contributed by atoms with E-state index in [0.717, 1.165) is 36.8 Å². The zero-order valence-corrected chi connectivity index (χ0v) is 10.3. The Balaban J connectivity index is 1.95. The molecule has 2 atom stereocenters. The van der Waals surface area contributed by atoms with E-state index in [-0.39, 0.29) is 11.8 Å².